The molecule has 0 spiro atoms. The van der Waals surface area contributed by atoms with Crippen molar-refractivity contribution in [3.63, 3.8) is 0 Å². The monoisotopic (exact) mass is 1260 g/mol. The van der Waals surface area contributed by atoms with Crippen LogP contribution in [0, 0.1) is 0 Å². The van der Waals surface area contributed by atoms with Gasteiger partial charge in [-0.25, -0.2) is 4.57 Å². The predicted octanol–water partition coefficient (Wildman–Crippen LogP) is 24.7. The molecule has 1 amide bonds. The van der Waals surface area contributed by atoms with Gasteiger partial charge in [0, 0.05) is 12.8 Å². The average Bonchev–Trinajstić information content (AvgIpc) is 3.52. The van der Waals surface area contributed by atoms with Gasteiger partial charge in [-0.15, -0.1) is 0 Å². The molecule has 0 aliphatic rings. The fourth-order valence-electron chi connectivity index (χ4n) is 11.6. The van der Waals surface area contributed by atoms with Gasteiger partial charge in [0.15, 0.2) is 0 Å². The molecule has 0 aliphatic heterocycles. The van der Waals surface area contributed by atoms with Crippen molar-refractivity contribution in [1.82, 2.24) is 5.32 Å². The Bertz CT molecular complexity index is 1640. The van der Waals surface area contributed by atoms with Crippen LogP contribution in [0.2, 0.25) is 0 Å². The van der Waals surface area contributed by atoms with E-state index < -0.39 is 20.0 Å². The molecule has 0 radical (unpaired) electrons. The van der Waals surface area contributed by atoms with Gasteiger partial charge in [-0.1, -0.05) is 333 Å². The maximum absolute atomic E-state index is 13.6. The predicted molar refractivity (Wildman–Crippen MR) is 383 cm³/mol. The quantitative estimate of drug-likeness (QED) is 0.0205. The van der Waals surface area contributed by atoms with Gasteiger partial charge in [0.05, 0.1) is 33.8 Å². The minimum Gasteiger partial charge on any atom is -0.456 e. The van der Waals surface area contributed by atoms with Gasteiger partial charge in [0.1, 0.15) is 19.3 Å². The zero-order chi connectivity index (χ0) is 64.2. The van der Waals surface area contributed by atoms with Gasteiger partial charge in [-0.05, 0) is 89.5 Å². The summed E-state index contributed by atoms with van der Waals surface area (Å²) < 4.78 is 30.9. The highest BCUT2D eigenvalue weighted by Crippen LogP contribution is 2.43. The van der Waals surface area contributed by atoms with E-state index >= 15 is 0 Å². The number of allylic oxidation sites excluding steroid dienone is 7. The highest BCUT2D eigenvalue weighted by atomic mass is 31.2. The van der Waals surface area contributed by atoms with Crippen LogP contribution in [-0.2, 0) is 27.9 Å². The summed E-state index contributed by atoms with van der Waals surface area (Å²) in [4.78, 5) is 38.0. The number of unbranched alkanes of at least 4 members (excludes halogenated alkanes) is 49. The lowest BCUT2D eigenvalue weighted by molar-refractivity contribution is -0.870. The number of nitrogens with zero attached hydrogens (tertiary/aromatic N) is 1. The molecule has 0 aromatic carbocycles. The molecule has 0 saturated heterocycles. The Morgan fingerprint density at radius 2 is 0.693 bits per heavy atom. The second-order valence-electron chi connectivity index (χ2n) is 27.5. The third-order valence-corrected chi connectivity index (χ3v) is 18.5. The summed E-state index contributed by atoms with van der Waals surface area (Å²) in [5.41, 5.74) is 0. The molecule has 518 valence electrons. The summed E-state index contributed by atoms with van der Waals surface area (Å²) >= 11 is 0. The van der Waals surface area contributed by atoms with Crippen LogP contribution < -0.4 is 5.32 Å². The van der Waals surface area contributed by atoms with Gasteiger partial charge < -0.3 is 19.4 Å². The molecule has 0 aliphatic carbocycles. The van der Waals surface area contributed by atoms with Gasteiger partial charge in [-0.3, -0.25) is 18.6 Å². The first-order chi connectivity index (χ1) is 42.9. The van der Waals surface area contributed by atoms with Gasteiger partial charge >= 0.3 is 13.8 Å². The number of carbonyl (C=O) groups excluding carboxylic acids is 2. The van der Waals surface area contributed by atoms with Gasteiger partial charge in [0.25, 0.3) is 0 Å². The standard InChI is InChI=1S/C78H149N2O7P/c1-7-10-13-16-19-22-25-28-30-32-34-36-38-40-42-44-46-48-50-52-55-58-61-64-67-70-77(81)79-75(74-86-88(83,84)85-73-72-80(4,5)6)76(69-66-63-60-57-54-27-24-21-18-15-12-9-3)87-78(82)71-68-65-62-59-56-53-51-49-47-45-43-41-39-37-35-33-31-29-26-23-20-17-14-11-8-2/h20,23,28-31,66,69,75-76H,7-19,21-22,24-27,32-65,67-68,70-74H2,1-6H3,(H-,79,81,83,84)/p+1/b23-20-,30-28+,31-29-,69-66+. The second kappa shape index (κ2) is 67.8. The molecule has 10 heteroatoms. The van der Waals surface area contributed by atoms with E-state index in [1.165, 1.54) is 289 Å². The molecular formula is C78H150N2O7P+. The molecular weight excluding hydrogens is 1110 g/mol. The molecule has 0 bridgehead atoms. The first kappa shape index (κ1) is 86.0. The van der Waals surface area contributed by atoms with E-state index in [0.29, 0.717) is 23.9 Å². The molecule has 0 fully saturated rings. The van der Waals surface area contributed by atoms with Crippen LogP contribution in [0.3, 0.4) is 0 Å². The summed E-state index contributed by atoms with van der Waals surface area (Å²) in [6.07, 6.45) is 87.1. The zero-order valence-electron chi connectivity index (χ0n) is 59.5. The second-order valence-corrected chi connectivity index (χ2v) is 29.0. The SMILES string of the molecule is CCCCC/C=C\C/C=C\CCCCCCCCCCCCCCCCCC(=O)OC(/C=C/CCCCCCCCCCCC)C(COP(=O)(O)OCC[N+](C)(C)C)NC(=O)CCCCCCCCCCCCCCCCC/C=C/CCCCCCCC. The number of phosphoric ester groups is 1. The maximum atomic E-state index is 13.6. The van der Waals surface area contributed by atoms with E-state index in [4.69, 9.17) is 13.8 Å². The minimum absolute atomic E-state index is 0.0425. The number of phosphoric acid groups is 1. The fraction of sp³-hybridized carbons (Fsp3) is 0.872. The number of hydrogen-bond donors (Lipinski definition) is 2. The number of nitrogens with one attached hydrogen (secondary N) is 1. The number of likely N-dealkylation sites (N-methyl/N-ethyl adjacent to an activating group) is 1. The number of ether oxygens (including phenoxy) is 1. The number of quaternary nitrogens is 1. The van der Waals surface area contributed by atoms with Gasteiger partial charge in [-0.2, -0.15) is 0 Å². The fourth-order valence-corrected chi connectivity index (χ4v) is 12.3. The molecule has 3 atom stereocenters. The van der Waals surface area contributed by atoms with Crippen molar-refractivity contribution in [2.24, 2.45) is 0 Å². The van der Waals surface area contributed by atoms with Gasteiger partial charge in [0.2, 0.25) is 5.91 Å². The molecule has 0 saturated carbocycles. The maximum Gasteiger partial charge on any atom is 0.472 e. The van der Waals surface area contributed by atoms with Crippen LogP contribution >= 0.6 is 7.82 Å². The topological polar surface area (TPSA) is 111 Å². The lowest BCUT2D eigenvalue weighted by atomic mass is 10.0. The van der Waals surface area contributed by atoms with E-state index in [1.54, 1.807) is 0 Å². The highest BCUT2D eigenvalue weighted by Gasteiger charge is 2.30. The van der Waals surface area contributed by atoms with Crippen LogP contribution in [0.5, 0.6) is 0 Å². The number of rotatable bonds is 71. The summed E-state index contributed by atoms with van der Waals surface area (Å²) in [7, 11) is 1.51. The Balaban J connectivity index is 4.94. The summed E-state index contributed by atoms with van der Waals surface area (Å²) in [5, 5.41) is 3.08. The summed E-state index contributed by atoms with van der Waals surface area (Å²) in [6.45, 7) is 7.05. The van der Waals surface area contributed by atoms with Crippen molar-refractivity contribution in [1.29, 1.82) is 0 Å². The van der Waals surface area contributed by atoms with Crippen LogP contribution in [0.1, 0.15) is 387 Å². The Morgan fingerprint density at radius 3 is 1.06 bits per heavy atom. The van der Waals surface area contributed by atoms with Crippen molar-refractivity contribution in [2.45, 2.75) is 399 Å². The molecule has 3 unspecified atom stereocenters. The van der Waals surface area contributed by atoms with E-state index in [0.717, 1.165) is 64.2 Å². The smallest absolute Gasteiger partial charge is 0.456 e. The summed E-state index contributed by atoms with van der Waals surface area (Å²) in [6, 6.07) is -0.847. The van der Waals surface area contributed by atoms with E-state index in [1.807, 2.05) is 27.2 Å². The largest absolute Gasteiger partial charge is 0.472 e. The van der Waals surface area contributed by atoms with Crippen molar-refractivity contribution in [3.05, 3.63) is 48.6 Å². The molecule has 88 heavy (non-hydrogen) atoms. The molecule has 0 aromatic heterocycles. The first-order valence-corrected chi connectivity index (χ1v) is 40.0. The third-order valence-electron chi connectivity index (χ3n) is 17.5. The van der Waals surface area contributed by atoms with Crippen LogP contribution in [0.15, 0.2) is 48.6 Å². The lowest BCUT2D eigenvalue weighted by Gasteiger charge is -2.27. The third kappa shape index (κ3) is 68.3. The molecule has 0 heterocycles. The Kier molecular flexibility index (Phi) is 66.3. The first-order valence-electron chi connectivity index (χ1n) is 38.5. The number of esters is 1. The average molecular weight is 1260 g/mol. The normalized spacial score (nSPS) is 13.7. The Labute approximate surface area is 548 Å². The van der Waals surface area contributed by atoms with Crippen molar-refractivity contribution in [3.8, 4) is 0 Å². The van der Waals surface area contributed by atoms with Crippen LogP contribution in [0.25, 0.3) is 0 Å². The minimum atomic E-state index is -4.45. The lowest BCUT2D eigenvalue weighted by Crippen LogP contribution is -2.47. The number of carbonyl (C=O) groups is 2. The molecule has 0 rings (SSSR count). The molecule has 9 nitrogen and oxygen atoms in total. The molecule has 2 N–H and O–H groups in total. The van der Waals surface area contributed by atoms with Crippen molar-refractivity contribution >= 4 is 19.7 Å². The number of amides is 1. The Morgan fingerprint density at radius 1 is 0.398 bits per heavy atom. The Hall–Kier alpha value is -2.03. The van der Waals surface area contributed by atoms with Crippen LogP contribution in [-0.4, -0.2) is 74.3 Å². The molecule has 0 aromatic rings. The van der Waals surface area contributed by atoms with Crippen LogP contribution in [0.4, 0.5) is 0 Å². The van der Waals surface area contributed by atoms with Crippen molar-refractivity contribution < 1.29 is 37.3 Å². The van der Waals surface area contributed by atoms with E-state index in [9.17, 15) is 19.0 Å². The summed E-state index contributed by atoms with van der Waals surface area (Å²) in [5.74, 6) is -0.485. The zero-order valence-corrected chi connectivity index (χ0v) is 60.4. The van der Waals surface area contributed by atoms with E-state index in [2.05, 4.69) is 68.6 Å². The number of hydrogen-bond acceptors (Lipinski definition) is 6. The van der Waals surface area contributed by atoms with Crippen molar-refractivity contribution in [2.75, 3.05) is 40.9 Å². The van der Waals surface area contributed by atoms with E-state index in [-0.39, 0.29) is 25.1 Å². The highest BCUT2D eigenvalue weighted by molar-refractivity contribution is 7.47.